The number of amides is 1. The predicted octanol–water partition coefficient (Wildman–Crippen LogP) is 0.135. The number of carbonyl (C=O) groups is 1. The van der Waals surface area contributed by atoms with Crippen LogP contribution in [-0.2, 0) is 24.9 Å². The zero-order valence-electron chi connectivity index (χ0n) is 13.7. The fourth-order valence-electron chi connectivity index (χ4n) is 3.06. The van der Waals surface area contributed by atoms with Crippen molar-refractivity contribution in [2.24, 2.45) is 7.05 Å². The van der Waals surface area contributed by atoms with Crippen molar-refractivity contribution in [3.05, 3.63) is 30.6 Å². The van der Waals surface area contributed by atoms with Crippen LogP contribution in [0.15, 0.2) is 25.0 Å². The average Bonchev–Trinajstić information content (AvgIpc) is 3.24. The van der Waals surface area contributed by atoms with E-state index in [1.807, 2.05) is 25.0 Å². The van der Waals surface area contributed by atoms with Gasteiger partial charge in [0, 0.05) is 38.4 Å². The average molecular weight is 317 g/mol. The molecule has 0 aromatic carbocycles. The molecule has 1 fully saturated rings. The Morgan fingerprint density at radius 1 is 1.43 bits per heavy atom. The van der Waals surface area contributed by atoms with E-state index >= 15 is 0 Å². The molecule has 0 unspecified atom stereocenters. The van der Waals surface area contributed by atoms with E-state index in [1.54, 1.807) is 28.4 Å². The summed E-state index contributed by atoms with van der Waals surface area (Å²) in [6.45, 7) is 2.80. The van der Waals surface area contributed by atoms with Crippen LogP contribution >= 0.6 is 0 Å². The van der Waals surface area contributed by atoms with E-state index in [-0.39, 0.29) is 5.91 Å². The second-order valence-corrected chi connectivity index (χ2v) is 6.16. The Hall–Kier alpha value is -2.22. The fraction of sp³-hybridized carbons (Fsp3) is 0.600. The molecule has 1 atom stereocenters. The van der Waals surface area contributed by atoms with Gasteiger partial charge in [-0.3, -0.25) is 19.1 Å². The van der Waals surface area contributed by atoms with Gasteiger partial charge in [-0.25, -0.2) is 4.98 Å². The number of nitrogens with zero attached hydrogens (tertiary/aromatic N) is 7. The summed E-state index contributed by atoms with van der Waals surface area (Å²) < 4.78 is 3.59. The SMILES string of the molecule is CN(Cc1cnn(C)c1)C(=O)CN1CCC[C@@H]1Cn1cncn1. The van der Waals surface area contributed by atoms with Gasteiger partial charge in [0.1, 0.15) is 12.7 Å². The van der Waals surface area contributed by atoms with Gasteiger partial charge in [0.05, 0.1) is 19.3 Å². The summed E-state index contributed by atoms with van der Waals surface area (Å²) >= 11 is 0. The largest absolute Gasteiger partial charge is 0.340 e. The third kappa shape index (κ3) is 3.95. The van der Waals surface area contributed by atoms with Crippen LogP contribution in [0, 0.1) is 0 Å². The number of carbonyl (C=O) groups excluding carboxylic acids is 1. The van der Waals surface area contributed by atoms with Crippen LogP contribution in [0.2, 0.25) is 0 Å². The van der Waals surface area contributed by atoms with Crippen molar-refractivity contribution in [2.45, 2.75) is 32.0 Å². The van der Waals surface area contributed by atoms with Gasteiger partial charge in [-0.05, 0) is 19.4 Å². The smallest absolute Gasteiger partial charge is 0.236 e. The Balaban J connectivity index is 1.53. The van der Waals surface area contributed by atoms with Crippen molar-refractivity contribution in [1.82, 2.24) is 34.3 Å². The molecular weight excluding hydrogens is 294 g/mol. The molecule has 0 radical (unpaired) electrons. The van der Waals surface area contributed by atoms with Gasteiger partial charge in [0.15, 0.2) is 0 Å². The highest BCUT2D eigenvalue weighted by atomic mass is 16.2. The number of likely N-dealkylation sites (tertiary alicyclic amines) is 1. The highest BCUT2D eigenvalue weighted by Gasteiger charge is 2.27. The predicted molar refractivity (Wildman–Crippen MR) is 84.3 cm³/mol. The van der Waals surface area contributed by atoms with Crippen molar-refractivity contribution in [3.8, 4) is 0 Å². The number of aryl methyl sites for hydroxylation is 1. The normalized spacial score (nSPS) is 18.4. The molecular formula is C15H23N7O. The molecule has 0 bridgehead atoms. The van der Waals surface area contributed by atoms with Gasteiger partial charge < -0.3 is 4.90 Å². The topological polar surface area (TPSA) is 72.1 Å². The van der Waals surface area contributed by atoms with Crippen molar-refractivity contribution in [1.29, 1.82) is 0 Å². The van der Waals surface area contributed by atoms with Crippen LogP contribution in [0.5, 0.6) is 0 Å². The van der Waals surface area contributed by atoms with Gasteiger partial charge in [-0.15, -0.1) is 0 Å². The second kappa shape index (κ2) is 6.91. The first-order valence-electron chi connectivity index (χ1n) is 7.90. The maximum absolute atomic E-state index is 12.5. The van der Waals surface area contributed by atoms with E-state index in [2.05, 4.69) is 20.1 Å². The van der Waals surface area contributed by atoms with Gasteiger partial charge in [-0.2, -0.15) is 10.2 Å². The van der Waals surface area contributed by atoms with E-state index in [0.29, 0.717) is 19.1 Å². The quantitative estimate of drug-likeness (QED) is 0.757. The lowest BCUT2D eigenvalue weighted by Crippen LogP contribution is -2.41. The van der Waals surface area contributed by atoms with Crippen LogP contribution in [0.25, 0.3) is 0 Å². The highest BCUT2D eigenvalue weighted by Crippen LogP contribution is 2.18. The Kier molecular flexibility index (Phi) is 4.71. The molecule has 23 heavy (non-hydrogen) atoms. The lowest BCUT2D eigenvalue weighted by molar-refractivity contribution is -0.131. The molecule has 3 heterocycles. The Labute approximate surface area is 135 Å². The molecule has 2 aromatic rings. The van der Waals surface area contributed by atoms with Gasteiger partial charge >= 0.3 is 0 Å². The number of likely N-dealkylation sites (N-methyl/N-ethyl adjacent to an activating group) is 1. The molecule has 8 nitrogen and oxygen atoms in total. The second-order valence-electron chi connectivity index (χ2n) is 6.16. The molecule has 1 aliphatic heterocycles. The molecule has 0 saturated carbocycles. The molecule has 2 aromatic heterocycles. The van der Waals surface area contributed by atoms with Crippen LogP contribution in [0.4, 0.5) is 0 Å². The molecule has 0 aliphatic carbocycles. The molecule has 124 valence electrons. The summed E-state index contributed by atoms with van der Waals surface area (Å²) in [7, 11) is 3.72. The zero-order chi connectivity index (χ0) is 16.2. The van der Waals surface area contributed by atoms with E-state index in [4.69, 9.17) is 0 Å². The summed E-state index contributed by atoms with van der Waals surface area (Å²) in [6.07, 6.45) is 9.23. The fourth-order valence-corrected chi connectivity index (χ4v) is 3.06. The van der Waals surface area contributed by atoms with Crippen molar-refractivity contribution < 1.29 is 4.79 Å². The summed E-state index contributed by atoms with van der Waals surface area (Å²) in [5, 5.41) is 8.30. The number of rotatable bonds is 6. The maximum Gasteiger partial charge on any atom is 0.236 e. The first-order valence-corrected chi connectivity index (χ1v) is 7.90. The van der Waals surface area contributed by atoms with E-state index in [9.17, 15) is 4.79 Å². The summed E-state index contributed by atoms with van der Waals surface area (Å²) in [6, 6.07) is 0.354. The lowest BCUT2D eigenvalue weighted by Gasteiger charge is -2.26. The first kappa shape index (κ1) is 15.7. The summed E-state index contributed by atoms with van der Waals surface area (Å²) in [4.78, 5) is 20.5. The minimum absolute atomic E-state index is 0.138. The summed E-state index contributed by atoms with van der Waals surface area (Å²) in [5.41, 5.74) is 1.05. The molecule has 1 aliphatic rings. The molecule has 0 N–H and O–H groups in total. The molecule has 8 heteroatoms. The maximum atomic E-state index is 12.5. The Morgan fingerprint density at radius 2 is 2.30 bits per heavy atom. The molecule has 1 saturated heterocycles. The highest BCUT2D eigenvalue weighted by molar-refractivity contribution is 5.78. The van der Waals surface area contributed by atoms with Crippen molar-refractivity contribution >= 4 is 5.91 Å². The Morgan fingerprint density at radius 3 is 3.00 bits per heavy atom. The van der Waals surface area contributed by atoms with Crippen molar-refractivity contribution in [2.75, 3.05) is 20.1 Å². The molecule has 3 rings (SSSR count). The van der Waals surface area contributed by atoms with Gasteiger partial charge in [-0.1, -0.05) is 0 Å². The van der Waals surface area contributed by atoms with Gasteiger partial charge in [0.2, 0.25) is 5.91 Å². The van der Waals surface area contributed by atoms with Crippen LogP contribution in [-0.4, -0.2) is 66.4 Å². The van der Waals surface area contributed by atoms with E-state index in [0.717, 1.165) is 31.5 Å². The van der Waals surface area contributed by atoms with Crippen LogP contribution < -0.4 is 0 Å². The number of hydrogen-bond donors (Lipinski definition) is 0. The van der Waals surface area contributed by atoms with Gasteiger partial charge in [0.25, 0.3) is 0 Å². The number of hydrogen-bond acceptors (Lipinski definition) is 5. The standard InChI is InChI=1S/C15H23N7O/c1-19(7-13-6-17-20(2)8-13)15(23)10-21-5-3-4-14(21)9-22-12-16-11-18-22/h6,8,11-12,14H,3-5,7,9-10H2,1-2H3/t14-/m1/s1. The minimum Gasteiger partial charge on any atom is -0.340 e. The van der Waals surface area contributed by atoms with Crippen LogP contribution in [0.3, 0.4) is 0 Å². The monoisotopic (exact) mass is 317 g/mol. The van der Waals surface area contributed by atoms with Crippen LogP contribution in [0.1, 0.15) is 18.4 Å². The van der Waals surface area contributed by atoms with E-state index in [1.165, 1.54) is 0 Å². The zero-order valence-corrected chi connectivity index (χ0v) is 13.7. The van der Waals surface area contributed by atoms with Crippen molar-refractivity contribution in [3.63, 3.8) is 0 Å². The first-order chi connectivity index (χ1) is 11.1. The third-order valence-electron chi connectivity index (χ3n) is 4.31. The lowest BCUT2D eigenvalue weighted by atomic mass is 10.2. The molecule has 1 amide bonds. The minimum atomic E-state index is 0.138. The summed E-state index contributed by atoms with van der Waals surface area (Å²) in [5.74, 6) is 0.138. The third-order valence-corrected chi connectivity index (χ3v) is 4.31. The number of aromatic nitrogens is 5. The van der Waals surface area contributed by atoms with E-state index < -0.39 is 0 Å². The Bertz CT molecular complexity index is 636. The molecule has 0 spiro atoms.